The highest BCUT2D eigenvalue weighted by atomic mass is 79.9. The van der Waals surface area contributed by atoms with Crippen LogP contribution in [-0.2, 0) is 10.0 Å². The molecule has 0 spiro atoms. The van der Waals surface area contributed by atoms with Crippen molar-refractivity contribution in [3.8, 4) is 0 Å². The first-order valence-electron chi connectivity index (χ1n) is 9.01. The number of sulfonamides is 1. The number of furan rings is 1. The molecule has 4 rings (SSSR count). The molecule has 152 valence electrons. The van der Waals surface area contributed by atoms with Crippen molar-refractivity contribution in [1.82, 2.24) is 0 Å². The van der Waals surface area contributed by atoms with Crippen LogP contribution in [0.4, 0.5) is 11.4 Å². The minimum Gasteiger partial charge on any atom is -0.451 e. The second kappa shape index (κ2) is 7.97. The third-order valence-corrected chi connectivity index (χ3v) is 6.47. The first-order chi connectivity index (χ1) is 14.3. The smallest absolute Gasteiger partial charge is 0.291 e. The predicted octanol–water partition coefficient (Wildman–Crippen LogP) is 5.56. The minimum absolute atomic E-state index is 0.0262. The Morgan fingerprint density at radius 2 is 1.77 bits per heavy atom. The van der Waals surface area contributed by atoms with E-state index in [9.17, 15) is 13.2 Å². The fourth-order valence-electron chi connectivity index (χ4n) is 2.95. The van der Waals surface area contributed by atoms with Crippen molar-refractivity contribution in [3.63, 3.8) is 0 Å². The van der Waals surface area contributed by atoms with Crippen LogP contribution in [0.3, 0.4) is 0 Å². The van der Waals surface area contributed by atoms with Gasteiger partial charge in [0.25, 0.3) is 15.9 Å². The summed E-state index contributed by atoms with van der Waals surface area (Å²) in [5.74, 6) is -0.318. The van der Waals surface area contributed by atoms with Crippen LogP contribution >= 0.6 is 15.9 Å². The number of para-hydroxylation sites is 1. The zero-order valence-electron chi connectivity index (χ0n) is 15.8. The molecular formula is C22H17BrN2O4S. The van der Waals surface area contributed by atoms with Gasteiger partial charge < -0.3 is 9.73 Å². The molecule has 1 aromatic heterocycles. The molecule has 0 fully saturated rings. The lowest BCUT2D eigenvalue weighted by atomic mass is 10.2. The SMILES string of the molecule is Cc1ccc(Br)c(NS(=O)(=O)c2cccc(NC(=O)c3cc4ccccc4o3)c2)c1. The number of carbonyl (C=O) groups is 1. The van der Waals surface area contributed by atoms with Gasteiger partial charge in [-0.25, -0.2) is 8.42 Å². The Morgan fingerprint density at radius 1 is 0.967 bits per heavy atom. The van der Waals surface area contributed by atoms with E-state index in [2.05, 4.69) is 26.0 Å². The topological polar surface area (TPSA) is 88.4 Å². The van der Waals surface area contributed by atoms with Gasteiger partial charge in [-0.05, 0) is 70.9 Å². The van der Waals surface area contributed by atoms with E-state index in [1.807, 2.05) is 31.2 Å². The molecule has 0 unspecified atom stereocenters. The summed E-state index contributed by atoms with van der Waals surface area (Å²) in [7, 11) is -3.85. The molecule has 30 heavy (non-hydrogen) atoms. The summed E-state index contributed by atoms with van der Waals surface area (Å²) in [6.07, 6.45) is 0. The van der Waals surface area contributed by atoms with Gasteiger partial charge in [-0.3, -0.25) is 9.52 Å². The Morgan fingerprint density at radius 3 is 2.57 bits per heavy atom. The number of hydrogen-bond acceptors (Lipinski definition) is 4. The van der Waals surface area contributed by atoms with Gasteiger partial charge in [0.15, 0.2) is 5.76 Å². The molecule has 0 radical (unpaired) electrons. The van der Waals surface area contributed by atoms with Crippen LogP contribution in [0, 0.1) is 6.92 Å². The van der Waals surface area contributed by atoms with Crippen LogP contribution in [0.2, 0.25) is 0 Å². The number of carbonyl (C=O) groups excluding carboxylic acids is 1. The number of halogens is 1. The maximum atomic E-state index is 12.8. The Bertz CT molecular complexity index is 1330. The fraction of sp³-hybridized carbons (Fsp3) is 0.0455. The molecule has 0 aliphatic rings. The van der Waals surface area contributed by atoms with Crippen LogP contribution in [0.5, 0.6) is 0 Å². The van der Waals surface area contributed by atoms with Crippen LogP contribution in [-0.4, -0.2) is 14.3 Å². The normalized spacial score (nSPS) is 11.4. The Labute approximate surface area is 182 Å². The number of fused-ring (bicyclic) bond motifs is 1. The quantitative estimate of drug-likeness (QED) is 0.388. The average Bonchev–Trinajstić information content (AvgIpc) is 3.15. The van der Waals surface area contributed by atoms with Crippen LogP contribution in [0.15, 0.2) is 86.6 Å². The second-order valence-electron chi connectivity index (χ2n) is 6.72. The highest BCUT2D eigenvalue weighted by Gasteiger charge is 2.18. The van der Waals surface area contributed by atoms with E-state index in [4.69, 9.17) is 4.42 Å². The zero-order valence-corrected chi connectivity index (χ0v) is 18.2. The third kappa shape index (κ3) is 4.24. The van der Waals surface area contributed by atoms with Crippen molar-refractivity contribution in [2.24, 2.45) is 0 Å². The van der Waals surface area contributed by atoms with Crippen LogP contribution in [0.1, 0.15) is 16.1 Å². The highest BCUT2D eigenvalue weighted by molar-refractivity contribution is 9.10. The zero-order chi connectivity index (χ0) is 21.3. The second-order valence-corrected chi connectivity index (χ2v) is 9.26. The van der Waals surface area contributed by atoms with Gasteiger partial charge in [0.05, 0.1) is 10.6 Å². The van der Waals surface area contributed by atoms with Gasteiger partial charge in [0, 0.05) is 15.5 Å². The van der Waals surface area contributed by atoms with Gasteiger partial charge in [0.1, 0.15) is 5.58 Å². The third-order valence-electron chi connectivity index (χ3n) is 4.42. The monoisotopic (exact) mass is 484 g/mol. The molecule has 8 heteroatoms. The summed E-state index contributed by atoms with van der Waals surface area (Å²) < 4.78 is 34.4. The van der Waals surface area contributed by atoms with Crippen molar-refractivity contribution in [2.75, 3.05) is 10.0 Å². The summed E-state index contributed by atoms with van der Waals surface area (Å²) in [5, 5.41) is 3.49. The predicted molar refractivity (Wildman–Crippen MR) is 120 cm³/mol. The molecule has 0 saturated carbocycles. The molecule has 0 aliphatic carbocycles. The van der Waals surface area contributed by atoms with E-state index in [1.54, 1.807) is 36.4 Å². The molecular weight excluding hydrogens is 468 g/mol. The highest BCUT2D eigenvalue weighted by Crippen LogP contribution is 2.27. The Balaban J connectivity index is 1.57. The fourth-order valence-corrected chi connectivity index (χ4v) is 4.54. The number of hydrogen-bond donors (Lipinski definition) is 2. The number of aryl methyl sites for hydroxylation is 1. The molecule has 2 N–H and O–H groups in total. The summed E-state index contributed by atoms with van der Waals surface area (Å²) in [6, 6.07) is 20.3. The maximum absolute atomic E-state index is 12.8. The first kappa shape index (κ1) is 20.2. The molecule has 1 amide bonds. The van der Waals surface area contributed by atoms with E-state index < -0.39 is 15.9 Å². The van der Waals surface area contributed by atoms with Crippen molar-refractivity contribution in [2.45, 2.75) is 11.8 Å². The molecule has 4 aromatic rings. The van der Waals surface area contributed by atoms with E-state index in [1.165, 1.54) is 12.1 Å². The number of benzene rings is 3. The van der Waals surface area contributed by atoms with Gasteiger partial charge in [0.2, 0.25) is 0 Å². The summed E-state index contributed by atoms with van der Waals surface area (Å²) in [4.78, 5) is 12.6. The van der Waals surface area contributed by atoms with Crippen LogP contribution < -0.4 is 10.0 Å². The lowest BCUT2D eigenvalue weighted by Gasteiger charge is -2.12. The van der Waals surface area contributed by atoms with Crippen molar-refractivity contribution in [1.29, 1.82) is 0 Å². The van der Waals surface area contributed by atoms with Crippen LogP contribution in [0.25, 0.3) is 11.0 Å². The number of rotatable bonds is 5. The van der Waals surface area contributed by atoms with E-state index in [0.29, 0.717) is 21.4 Å². The van der Waals surface area contributed by atoms with Gasteiger partial charge in [-0.15, -0.1) is 0 Å². The molecule has 3 aromatic carbocycles. The van der Waals surface area contributed by atoms with Crippen molar-refractivity contribution < 1.29 is 17.6 Å². The van der Waals surface area contributed by atoms with E-state index in [-0.39, 0.29) is 10.7 Å². The van der Waals surface area contributed by atoms with Gasteiger partial charge >= 0.3 is 0 Å². The van der Waals surface area contributed by atoms with Gasteiger partial charge in [-0.1, -0.05) is 30.3 Å². The Hall–Kier alpha value is -3.10. The minimum atomic E-state index is -3.85. The lowest BCUT2D eigenvalue weighted by molar-refractivity contribution is 0.0998. The average molecular weight is 485 g/mol. The molecule has 1 heterocycles. The summed E-state index contributed by atoms with van der Waals surface area (Å²) in [6.45, 7) is 1.87. The standard InChI is InChI=1S/C22H17BrN2O4S/c1-14-9-10-18(23)19(11-14)25-30(27,28)17-7-4-6-16(13-17)24-22(26)21-12-15-5-2-3-8-20(15)29-21/h2-13,25H,1H3,(H,24,26). The molecule has 0 saturated heterocycles. The Kier molecular flexibility index (Phi) is 5.36. The van der Waals surface area contributed by atoms with E-state index in [0.717, 1.165) is 10.9 Å². The summed E-state index contributed by atoms with van der Waals surface area (Å²) in [5.41, 5.74) is 2.30. The number of amides is 1. The largest absolute Gasteiger partial charge is 0.451 e. The number of nitrogens with one attached hydrogen (secondary N) is 2. The molecule has 0 aliphatic heterocycles. The van der Waals surface area contributed by atoms with Crippen molar-refractivity contribution in [3.05, 3.63) is 88.6 Å². The van der Waals surface area contributed by atoms with Crippen molar-refractivity contribution >= 4 is 54.2 Å². The lowest BCUT2D eigenvalue weighted by Crippen LogP contribution is -2.15. The van der Waals surface area contributed by atoms with Gasteiger partial charge in [-0.2, -0.15) is 0 Å². The first-order valence-corrected chi connectivity index (χ1v) is 11.3. The van der Waals surface area contributed by atoms with E-state index >= 15 is 0 Å². The number of anilines is 2. The molecule has 6 nitrogen and oxygen atoms in total. The maximum Gasteiger partial charge on any atom is 0.291 e. The molecule has 0 bridgehead atoms. The summed E-state index contributed by atoms with van der Waals surface area (Å²) >= 11 is 3.35. The molecule has 0 atom stereocenters.